The lowest BCUT2D eigenvalue weighted by Crippen LogP contribution is -2.53. The fourth-order valence-corrected chi connectivity index (χ4v) is 6.87. The van der Waals surface area contributed by atoms with Crippen LogP contribution in [0, 0.1) is 5.82 Å². The van der Waals surface area contributed by atoms with E-state index >= 15 is 0 Å². The van der Waals surface area contributed by atoms with Crippen molar-refractivity contribution in [2.45, 2.75) is 30.3 Å². The van der Waals surface area contributed by atoms with Crippen molar-refractivity contribution >= 4 is 49.9 Å². The third-order valence-electron chi connectivity index (χ3n) is 7.05. The Morgan fingerprint density at radius 1 is 1.03 bits per heavy atom. The van der Waals surface area contributed by atoms with Crippen molar-refractivity contribution in [2.75, 3.05) is 37.2 Å². The molecule has 0 N–H and O–H groups in total. The van der Waals surface area contributed by atoms with E-state index < -0.39 is 33.8 Å². The van der Waals surface area contributed by atoms with Crippen molar-refractivity contribution in [3.63, 3.8) is 0 Å². The summed E-state index contributed by atoms with van der Waals surface area (Å²) in [6.45, 7) is 3.62. The van der Waals surface area contributed by atoms with Crippen LogP contribution >= 0.6 is 11.6 Å². The van der Waals surface area contributed by atoms with E-state index in [1.54, 1.807) is 36.1 Å². The second-order valence-electron chi connectivity index (χ2n) is 9.38. The molecule has 5 rings (SSSR count). The number of carbonyl (C=O) groups is 2. The van der Waals surface area contributed by atoms with Crippen molar-refractivity contribution in [1.29, 1.82) is 0 Å². The zero-order valence-corrected chi connectivity index (χ0v) is 22.3. The minimum atomic E-state index is -4.26. The highest BCUT2D eigenvalue weighted by molar-refractivity contribution is 7.93. The molecule has 2 aliphatic rings. The average molecular weight is 560 g/mol. The largest absolute Gasteiger partial charge is 0.378 e. The van der Waals surface area contributed by atoms with Crippen LogP contribution in [-0.2, 0) is 24.3 Å². The number of carbonyl (C=O) groups excluding carboxylic acids is 2. The molecule has 2 aliphatic heterocycles. The van der Waals surface area contributed by atoms with Gasteiger partial charge in [-0.25, -0.2) is 12.8 Å². The number of hydrogen-bond donors (Lipinski definition) is 0. The van der Waals surface area contributed by atoms with Gasteiger partial charge in [-0.1, -0.05) is 23.7 Å². The van der Waals surface area contributed by atoms with E-state index in [9.17, 15) is 22.4 Å². The number of rotatable bonds is 6. The van der Waals surface area contributed by atoms with Gasteiger partial charge in [0, 0.05) is 24.7 Å². The number of sulfonamides is 1. The van der Waals surface area contributed by atoms with Crippen LogP contribution in [0.1, 0.15) is 13.3 Å². The molecule has 0 aromatic heterocycles. The molecular weight excluding hydrogens is 533 g/mol. The molecule has 2 unspecified atom stereocenters. The number of fused-ring (bicyclic) bond motifs is 1. The zero-order chi connectivity index (χ0) is 27.0. The number of hydrogen-bond acceptors (Lipinski definition) is 5. The molecule has 0 saturated carbocycles. The topological polar surface area (TPSA) is 87.2 Å². The quantitative estimate of drug-likeness (QED) is 0.460. The molecule has 2 heterocycles. The number of halogens is 2. The SMILES string of the molecule is CC(C(=O)N1CCOCC1)N1CCC(N(c2ccc(F)cc2)S(=O)(=O)c2ccc3cc(Cl)ccc3c2)C1=O. The number of nitrogens with zero attached hydrogens (tertiary/aromatic N) is 3. The summed E-state index contributed by atoms with van der Waals surface area (Å²) in [5, 5.41) is 1.96. The lowest BCUT2D eigenvalue weighted by atomic mass is 10.1. The fraction of sp³-hybridized carbons (Fsp3) is 0.333. The van der Waals surface area contributed by atoms with Crippen LogP contribution in [0.2, 0.25) is 5.02 Å². The summed E-state index contributed by atoms with van der Waals surface area (Å²) in [7, 11) is -4.26. The number of morpholine rings is 1. The summed E-state index contributed by atoms with van der Waals surface area (Å²) in [4.78, 5) is 29.8. The van der Waals surface area contributed by atoms with Crippen LogP contribution in [0.25, 0.3) is 10.8 Å². The highest BCUT2D eigenvalue weighted by Crippen LogP contribution is 2.33. The minimum absolute atomic E-state index is 0.0136. The fourth-order valence-electron chi connectivity index (χ4n) is 5.01. The van der Waals surface area contributed by atoms with Gasteiger partial charge in [0.15, 0.2) is 0 Å². The second kappa shape index (κ2) is 10.5. The molecule has 2 saturated heterocycles. The second-order valence-corrected chi connectivity index (χ2v) is 11.6. The Bertz CT molecular complexity index is 1480. The first-order chi connectivity index (χ1) is 18.2. The smallest absolute Gasteiger partial charge is 0.265 e. The number of likely N-dealkylation sites (tertiary alicyclic amines) is 1. The zero-order valence-electron chi connectivity index (χ0n) is 20.7. The van der Waals surface area contributed by atoms with Crippen molar-refractivity contribution in [3.8, 4) is 0 Å². The molecule has 2 amide bonds. The first-order valence-electron chi connectivity index (χ1n) is 12.3. The van der Waals surface area contributed by atoms with Gasteiger partial charge in [-0.2, -0.15) is 0 Å². The van der Waals surface area contributed by atoms with Gasteiger partial charge in [0.1, 0.15) is 17.9 Å². The Balaban J connectivity index is 1.50. The molecule has 3 aromatic rings. The molecule has 2 fully saturated rings. The van der Waals surface area contributed by atoms with Crippen LogP contribution < -0.4 is 4.31 Å². The average Bonchev–Trinajstić information content (AvgIpc) is 3.29. The Labute approximate surface area is 225 Å². The van der Waals surface area contributed by atoms with Crippen LogP contribution in [0.15, 0.2) is 65.6 Å². The summed E-state index contributed by atoms with van der Waals surface area (Å²) in [5.41, 5.74) is 0.162. The van der Waals surface area contributed by atoms with Crippen molar-refractivity contribution in [3.05, 3.63) is 71.5 Å². The van der Waals surface area contributed by atoms with Crippen molar-refractivity contribution in [1.82, 2.24) is 9.80 Å². The molecule has 0 spiro atoms. The maximum Gasteiger partial charge on any atom is 0.265 e. The maximum absolute atomic E-state index is 14.1. The number of benzene rings is 3. The molecule has 3 aromatic carbocycles. The van der Waals surface area contributed by atoms with E-state index in [0.717, 1.165) is 21.8 Å². The summed E-state index contributed by atoms with van der Waals surface area (Å²) < 4.78 is 48.3. The lowest BCUT2D eigenvalue weighted by molar-refractivity contribution is -0.145. The van der Waals surface area contributed by atoms with E-state index in [-0.39, 0.29) is 29.5 Å². The van der Waals surface area contributed by atoms with Crippen LogP contribution in [0.3, 0.4) is 0 Å². The number of amides is 2. The van der Waals surface area contributed by atoms with Gasteiger partial charge >= 0.3 is 0 Å². The van der Waals surface area contributed by atoms with Gasteiger partial charge < -0.3 is 14.5 Å². The highest BCUT2D eigenvalue weighted by atomic mass is 35.5. The van der Waals surface area contributed by atoms with Crippen LogP contribution in [0.5, 0.6) is 0 Å². The third-order valence-corrected chi connectivity index (χ3v) is 9.12. The lowest BCUT2D eigenvalue weighted by Gasteiger charge is -2.33. The molecule has 38 heavy (non-hydrogen) atoms. The predicted molar refractivity (Wildman–Crippen MR) is 142 cm³/mol. The van der Waals surface area contributed by atoms with Gasteiger partial charge in [0.25, 0.3) is 10.0 Å². The Morgan fingerprint density at radius 3 is 2.39 bits per heavy atom. The molecule has 200 valence electrons. The van der Waals surface area contributed by atoms with Gasteiger partial charge in [-0.3, -0.25) is 13.9 Å². The summed E-state index contributed by atoms with van der Waals surface area (Å²) in [5.74, 6) is -1.20. The molecule has 0 bridgehead atoms. The van der Waals surface area contributed by atoms with Gasteiger partial charge in [0.05, 0.1) is 23.8 Å². The standard InChI is InChI=1S/C27H27ClFN3O5S/c1-18(26(33)30-12-14-37-15-13-30)31-11-10-25(27(31)34)32(23-7-5-22(29)6-8-23)38(35,36)24-9-3-19-16-21(28)4-2-20(19)17-24/h2-9,16-18,25H,10-15H2,1H3. The van der Waals surface area contributed by atoms with E-state index in [1.165, 1.54) is 29.2 Å². The molecule has 0 aliphatic carbocycles. The summed E-state index contributed by atoms with van der Waals surface area (Å²) in [6, 6.07) is 12.9. The van der Waals surface area contributed by atoms with Gasteiger partial charge in [-0.15, -0.1) is 0 Å². The third kappa shape index (κ3) is 4.95. The molecule has 11 heteroatoms. The van der Waals surface area contributed by atoms with Crippen molar-refractivity contribution in [2.24, 2.45) is 0 Å². The first-order valence-corrected chi connectivity index (χ1v) is 14.1. The monoisotopic (exact) mass is 559 g/mol. The number of anilines is 1. The summed E-state index contributed by atoms with van der Waals surface area (Å²) >= 11 is 6.07. The van der Waals surface area contributed by atoms with Crippen LogP contribution in [-0.4, -0.2) is 75.0 Å². The Kier molecular flexibility index (Phi) is 7.30. The van der Waals surface area contributed by atoms with E-state index in [0.29, 0.717) is 36.7 Å². The van der Waals surface area contributed by atoms with E-state index in [1.807, 2.05) is 0 Å². The first kappa shape index (κ1) is 26.4. The van der Waals surface area contributed by atoms with Gasteiger partial charge in [0.2, 0.25) is 11.8 Å². The Hall–Kier alpha value is -3.21. The minimum Gasteiger partial charge on any atom is -0.378 e. The van der Waals surface area contributed by atoms with E-state index in [2.05, 4.69) is 0 Å². The maximum atomic E-state index is 14.1. The van der Waals surface area contributed by atoms with Crippen molar-refractivity contribution < 1.29 is 27.1 Å². The Morgan fingerprint density at radius 2 is 1.68 bits per heavy atom. The molecule has 2 atom stereocenters. The van der Waals surface area contributed by atoms with Crippen LogP contribution in [0.4, 0.5) is 10.1 Å². The highest BCUT2D eigenvalue weighted by Gasteiger charge is 2.45. The predicted octanol–water partition coefficient (Wildman–Crippen LogP) is 3.68. The molecular formula is C27H27ClFN3O5S. The molecule has 0 radical (unpaired) electrons. The molecule has 8 nitrogen and oxygen atoms in total. The summed E-state index contributed by atoms with van der Waals surface area (Å²) in [6.07, 6.45) is 0.180. The normalized spacial score (nSPS) is 19.1. The number of ether oxygens (including phenoxy) is 1. The van der Waals surface area contributed by atoms with E-state index in [4.69, 9.17) is 16.3 Å². The van der Waals surface area contributed by atoms with Gasteiger partial charge in [-0.05, 0) is 72.6 Å².